The van der Waals surface area contributed by atoms with Gasteiger partial charge in [0.1, 0.15) is 0 Å². The molecule has 1 atom stereocenters. The lowest BCUT2D eigenvalue weighted by Crippen LogP contribution is -1.97. The number of benzene rings is 1. The third-order valence-electron chi connectivity index (χ3n) is 1.87. The fourth-order valence-corrected chi connectivity index (χ4v) is 1.27. The average Bonchev–Trinajstić information content (AvgIpc) is 2.06. The van der Waals surface area contributed by atoms with Crippen molar-refractivity contribution < 1.29 is 0 Å². The highest BCUT2D eigenvalue weighted by Crippen LogP contribution is 2.10. The van der Waals surface area contributed by atoms with E-state index in [9.17, 15) is 0 Å². The summed E-state index contributed by atoms with van der Waals surface area (Å²) in [7, 11) is 0. The number of hydrogen-bond donors (Lipinski definition) is 0. The van der Waals surface area contributed by atoms with Crippen LogP contribution in [0, 0.1) is 12.8 Å². The van der Waals surface area contributed by atoms with Gasteiger partial charge in [0, 0.05) is 0 Å². The van der Waals surface area contributed by atoms with Crippen LogP contribution in [0.2, 0.25) is 0 Å². The van der Waals surface area contributed by atoms with Gasteiger partial charge < -0.3 is 0 Å². The van der Waals surface area contributed by atoms with E-state index in [0.717, 1.165) is 12.8 Å². The Morgan fingerprint density at radius 1 is 1.25 bits per heavy atom. The average molecular weight is 159 g/mol. The van der Waals surface area contributed by atoms with Crippen molar-refractivity contribution in [3.63, 3.8) is 0 Å². The Labute approximate surface area is 74.9 Å². The van der Waals surface area contributed by atoms with Crippen molar-refractivity contribution in [2.75, 3.05) is 0 Å². The van der Waals surface area contributed by atoms with Crippen LogP contribution >= 0.6 is 0 Å². The normalized spacial score (nSPS) is 12.4. The summed E-state index contributed by atoms with van der Waals surface area (Å²) in [4.78, 5) is 0. The summed E-state index contributed by atoms with van der Waals surface area (Å²) < 4.78 is 0. The van der Waals surface area contributed by atoms with Gasteiger partial charge in [0.15, 0.2) is 0 Å². The van der Waals surface area contributed by atoms with Gasteiger partial charge in [-0.15, -0.1) is 6.58 Å². The van der Waals surface area contributed by atoms with E-state index in [1.165, 1.54) is 5.56 Å². The van der Waals surface area contributed by atoms with Gasteiger partial charge in [0.2, 0.25) is 0 Å². The van der Waals surface area contributed by atoms with Crippen LogP contribution in [0.5, 0.6) is 0 Å². The monoisotopic (exact) mass is 159 g/mol. The molecule has 1 aromatic carbocycles. The highest BCUT2D eigenvalue weighted by atomic mass is 14.0. The van der Waals surface area contributed by atoms with E-state index in [1.54, 1.807) is 0 Å². The van der Waals surface area contributed by atoms with Gasteiger partial charge in [-0.25, -0.2) is 0 Å². The second-order valence-corrected chi connectivity index (χ2v) is 3.08. The van der Waals surface area contributed by atoms with Crippen molar-refractivity contribution in [3.8, 4) is 0 Å². The molecule has 0 aliphatic heterocycles. The van der Waals surface area contributed by atoms with Crippen molar-refractivity contribution in [1.82, 2.24) is 0 Å². The maximum absolute atomic E-state index is 4.05. The molecule has 1 radical (unpaired) electrons. The minimum Gasteiger partial charge on any atom is -0.103 e. The maximum atomic E-state index is 4.05. The largest absolute Gasteiger partial charge is 0.103 e. The van der Waals surface area contributed by atoms with Gasteiger partial charge in [0.05, 0.1) is 0 Å². The van der Waals surface area contributed by atoms with Gasteiger partial charge in [-0.05, 0) is 31.2 Å². The molecule has 0 aliphatic carbocycles. The van der Waals surface area contributed by atoms with Crippen LogP contribution in [0.4, 0.5) is 0 Å². The summed E-state index contributed by atoms with van der Waals surface area (Å²) in [6, 6.07) is 10.4. The molecule has 12 heavy (non-hydrogen) atoms. The van der Waals surface area contributed by atoms with Gasteiger partial charge in [-0.2, -0.15) is 0 Å². The summed E-state index contributed by atoms with van der Waals surface area (Å²) in [6.07, 6.45) is 3.97. The fraction of sp³-hybridized carbons (Fsp3) is 0.250. The lowest BCUT2D eigenvalue weighted by molar-refractivity contribution is 0.655. The van der Waals surface area contributed by atoms with E-state index < -0.39 is 0 Å². The Kier molecular flexibility index (Phi) is 3.59. The Morgan fingerprint density at radius 2 is 1.92 bits per heavy atom. The molecule has 0 saturated carbocycles. The first kappa shape index (κ1) is 9.05. The van der Waals surface area contributed by atoms with E-state index >= 15 is 0 Å². The van der Waals surface area contributed by atoms with Crippen molar-refractivity contribution in [3.05, 3.63) is 55.5 Å². The number of allylic oxidation sites excluding steroid dienone is 1. The molecule has 0 N–H and O–H groups in total. The van der Waals surface area contributed by atoms with Crippen molar-refractivity contribution in [2.24, 2.45) is 5.92 Å². The molecule has 0 aromatic heterocycles. The van der Waals surface area contributed by atoms with Crippen LogP contribution in [-0.4, -0.2) is 0 Å². The first-order valence-corrected chi connectivity index (χ1v) is 4.31. The molecule has 0 nitrogen and oxygen atoms in total. The molecule has 0 spiro atoms. The van der Waals surface area contributed by atoms with E-state index in [1.807, 2.05) is 12.1 Å². The van der Waals surface area contributed by atoms with Crippen molar-refractivity contribution >= 4 is 0 Å². The summed E-state index contributed by atoms with van der Waals surface area (Å²) in [5, 5.41) is 0. The zero-order chi connectivity index (χ0) is 8.81. The lowest BCUT2D eigenvalue weighted by Gasteiger charge is -2.07. The predicted molar refractivity (Wildman–Crippen MR) is 53.8 cm³/mol. The van der Waals surface area contributed by atoms with Crippen LogP contribution < -0.4 is 0 Å². The standard InChI is InChI=1S/C12H15/c1-3-7-11(2)10-12-8-5-4-6-9-12/h3-6,8-9,11H,1-2,7,10H2/t11-/m1/s1. The van der Waals surface area contributed by atoms with Crippen molar-refractivity contribution in [1.29, 1.82) is 0 Å². The first-order chi connectivity index (χ1) is 5.83. The highest BCUT2D eigenvalue weighted by molar-refractivity contribution is 5.15. The Balaban J connectivity index is 2.46. The molecule has 0 fully saturated rings. The van der Waals surface area contributed by atoms with Crippen LogP contribution in [0.25, 0.3) is 0 Å². The number of rotatable bonds is 4. The Bertz CT molecular complexity index is 223. The summed E-state index contributed by atoms with van der Waals surface area (Å²) >= 11 is 0. The first-order valence-electron chi connectivity index (χ1n) is 4.31. The van der Waals surface area contributed by atoms with E-state index in [4.69, 9.17) is 0 Å². The Hall–Kier alpha value is -1.04. The fourth-order valence-electron chi connectivity index (χ4n) is 1.27. The molecular weight excluding hydrogens is 144 g/mol. The topological polar surface area (TPSA) is 0 Å². The Morgan fingerprint density at radius 3 is 2.50 bits per heavy atom. The second-order valence-electron chi connectivity index (χ2n) is 3.08. The third kappa shape index (κ3) is 2.91. The molecule has 0 saturated heterocycles. The predicted octanol–water partition coefficient (Wildman–Crippen LogP) is 3.26. The quantitative estimate of drug-likeness (QED) is 0.591. The maximum Gasteiger partial charge on any atom is -0.0247 e. The van der Waals surface area contributed by atoms with Crippen LogP contribution in [-0.2, 0) is 6.42 Å². The van der Waals surface area contributed by atoms with Crippen molar-refractivity contribution in [2.45, 2.75) is 12.8 Å². The molecule has 0 bridgehead atoms. The van der Waals surface area contributed by atoms with Crippen LogP contribution in [0.15, 0.2) is 43.0 Å². The zero-order valence-electron chi connectivity index (χ0n) is 7.37. The highest BCUT2D eigenvalue weighted by Gasteiger charge is 1.99. The minimum absolute atomic E-state index is 0.463. The third-order valence-corrected chi connectivity index (χ3v) is 1.87. The van der Waals surface area contributed by atoms with E-state index in [0.29, 0.717) is 5.92 Å². The summed E-state index contributed by atoms with van der Waals surface area (Å²) in [5.74, 6) is 0.463. The van der Waals surface area contributed by atoms with Crippen LogP contribution in [0.3, 0.4) is 0 Å². The molecule has 0 unspecified atom stereocenters. The van der Waals surface area contributed by atoms with Gasteiger partial charge in [0.25, 0.3) is 0 Å². The van der Waals surface area contributed by atoms with E-state index in [-0.39, 0.29) is 0 Å². The molecule has 1 rings (SSSR count). The van der Waals surface area contributed by atoms with E-state index in [2.05, 4.69) is 37.8 Å². The number of hydrogen-bond acceptors (Lipinski definition) is 0. The smallest absolute Gasteiger partial charge is 0.0247 e. The minimum atomic E-state index is 0.463. The summed E-state index contributed by atoms with van der Waals surface area (Å²) in [6.45, 7) is 7.75. The molecule has 0 aliphatic rings. The van der Waals surface area contributed by atoms with Gasteiger partial charge in [-0.3, -0.25) is 0 Å². The lowest BCUT2D eigenvalue weighted by atomic mass is 9.98. The molecule has 0 heterocycles. The molecule has 0 heteroatoms. The van der Waals surface area contributed by atoms with Gasteiger partial charge in [-0.1, -0.05) is 36.4 Å². The zero-order valence-corrected chi connectivity index (χ0v) is 7.37. The molecule has 0 amide bonds. The van der Waals surface area contributed by atoms with Gasteiger partial charge >= 0.3 is 0 Å². The SMILES string of the molecule is [CH2][C@H](CC=C)Cc1ccccc1. The molecular formula is C12H15. The second kappa shape index (κ2) is 4.76. The molecule has 1 aromatic rings. The molecule has 63 valence electrons. The summed E-state index contributed by atoms with van der Waals surface area (Å²) in [5.41, 5.74) is 1.36. The van der Waals surface area contributed by atoms with Crippen LogP contribution in [0.1, 0.15) is 12.0 Å².